The zero-order valence-corrected chi connectivity index (χ0v) is 8.64. The summed E-state index contributed by atoms with van der Waals surface area (Å²) in [6.45, 7) is 8.68. The topological polar surface area (TPSA) is 0 Å². The van der Waals surface area contributed by atoms with Crippen LogP contribution in [-0.2, 0) is 21.7 Å². The minimum Gasteiger partial charge on any atom is -0.199 e. The molecule has 1 aromatic carbocycles. The predicted molar refractivity (Wildman–Crippen MR) is 41.0 cm³/mol. The fourth-order valence-electron chi connectivity index (χ4n) is 1.13. The molecule has 0 bridgehead atoms. The molecule has 1 heteroatoms. The largest absolute Gasteiger partial charge is 3.00 e. The van der Waals surface area contributed by atoms with Crippen molar-refractivity contribution >= 4 is 0 Å². The van der Waals surface area contributed by atoms with E-state index < -0.39 is 0 Å². The third kappa shape index (κ3) is 1.56. The maximum Gasteiger partial charge on any atom is 3.00 e. The Labute approximate surface area is 77.9 Å². The monoisotopic (exact) mass is 169 g/mol. The number of hydrogen-bond acceptors (Lipinski definition) is 0. The number of rotatable bonds is 0. The molecule has 0 atom stereocenters. The first kappa shape index (κ1) is 10.1. The minimum absolute atomic E-state index is 0. The molecule has 0 N–H and O–H groups in total. The Bertz CT molecular complexity index is 198. The average Bonchev–Trinajstić information content (AvgIpc) is 1.98. The summed E-state index contributed by atoms with van der Waals surface area (Å²) in [4.78, 5) is 0. The minimum atomic E-state index is 0. The fraction of sp³-hybridized carbons (Fsp3) is 0.444. The van der Waals surface area contributed by atoms with Crippen LogP contribution in [0.15, 0.2) is 6.07 Å². The molecule has 0 heterocycles. The third-order valence-electron chi connectivity index (χ3n) is 2.18. The van der Waals surface area contributed by atoms with Gasteiger partial charge in [-0.25, -0.2) is 0 Å². The SMILES string of the molecule is Cc1c[c-](C)c(C)c1C.[Ti+3]. The Morgan fingerprint density at radius 3 is 1.80 bits per heavy atom. The van der Waals surface area contributed by atoms with Crippen LogP contribution in [0.2, 0.25) is 0 Å². The van der Waals surface area contributed by atoms with Gasteiger partial charge < -0.3 is 0 Å². The quantitative estimate of drug-likeness (QED) is 0.413. The van der Waals surface area contributed by atoms with E-state index in [4.69, 9.17) is 0 Å². The Morgan fingerprint density at radius 2 is 1.70 bits per heavy atom. The van der Waals surface area contributed by atoms with Crippen LogP contribution in [0.5, 0.6) is 0 Å². The Morgan fingerprint density at radius 1 is 1.20 bits per heavy atom. The fourth-order valence-corrected chi connectivity index (χ4v) is 1.13. The molecule has 0 spiro atoms. The molecule has 1 aromatic rings. The van der Waals surface area contributed by atoms with Crippen LogP contribution in [-0.4, -0.2) is 0 Å². The van der Waals surface area contributed by atoms with E-state index in [2.05, 4.69) is 33.8 Å². The van der Waals surface area contributed by atoms with Gasteiger partial charge in [0, 0.05) is 0 Å². The van der Waals surface area contributed by atoms with E-state index in [-0.39, 0.29) is 21.7 Å². The van der Waals surface area contributed by atoms with Crippen LogP contribution in [0, 0.1) is 27.7 Å². The molecule has 0 aliphatic carbocycles. The van der Waals surface area contributed by atoms with E-state index >= 15 is 0 Å². The van der Waals surface area contributed by atoms with Crippen molar-refractivity contribution in [3.63, 3.8) is 0 Å². The van der Waals surface area contributed by atoms with Gasteiger partial charge in [0.15, 0.2) is 0 Å². The van der Waals surface area contributed by atoms with Gasteiger partial charge in [0.1, 0.15) is 0 Å². The molecule has 0 nitrogen and oxygen atoms in total. The molecule has 1 rings (SSSR count). The molecule has 0 saturated carbocycles. The van der Waals surface area contributed by atoms with Crippen molar-refractivity contribution in [2.45, 2.75) is 27.7 Å². The maximum atomic E-state index is 2.24. The number of hydrogen-bond donors (Lipinski definition) is 0. The molecule has 0 unspecified atom stereocenters. The molecular formula is C9H13Ti+2. The molecule has 0 aromatic heterocycles. The van der Waals surface area contributed by atoms with Crippen molar-refractivity contribution < 1.29 is 21.7 Å². The zero-order chi connectivity index (χ0) is 7.02. The Balaban J connectivity index is 0.000000810. The van der Waals surface area contributed by atoms with Gasteiger partial charge in [0.2, 0.25) is 0 Å². The second-order valence-corrected chi connectivity index (χ2v) is 2.76. The van der Waals surface area contributed by atoms with Crippen LogP contribution in [0.3, 0.4) is 0 Å². The van der Waals surface area contributed by atoms with E-state index in [0.717, 1.165) is 0 Å². The standard InChI is InChI=1S/C9H13.Ti/c1-6-5-7(2)9(4)8(6)3;/h5H,1-4H3;/q-1;+3. The molecule has 0 saturated heterocycles. The summed E-state index contributed by atoms with van der Waals surface area (Å²) in [6, 6.07) is 2.24. The molecule has 10 heavy (non-hydrogen) atoms. The first-order valence-corrected chi connectivity index (χ1v) is 3.33. The summed E-state index contributed by atoms with van der Waals surface area (Å²) >= 11 is 0. The Kier molecular flexibility index (Phi) is 3.48. The van der Waals surface area contributed by atoms with Crippen LogP contribution in [0.4, 0.5) is 0 Å². The molecule has 51 valence electrons. The van der Waals surface area contributed by atoms with Gasteiger partial charge in [0.05, 0.1) is 0 Å². The summed E-state index contributed by atoms with van der Waals surface area (Å²) in [7, 11) is 0. The summed E-state index contributed by atoms with van der Waals surface area (Å²) in [5.74, 6) is 0. The van der Waals surface area contributed by atoms with Crippen molar-refractivity contribution in [1.82, 2.24) is 0 Å². The Hall–Kier alpha value is 0.0643. The van der Waals surface area contributed by atoms with Gasteiger partial charge in [-0.2, -0.15) is 28.3 Å². The van der Waals surface area contributed by atoms with Crippen LogP contribution < -0.4 is 0 Å². The summed E-state index contributed by atoms with van der Waals surface area (Å²) in [5.41, 5.74) is 5.75. The first-order valence-electron chi connectivity index (χ1n) is 3.33. The predicted octanol–water partition coefficient (Wildman–Crippen LogP) is 2.64. The molecule has 0 aliphatic heterocycles. The van der Waals surface area contributed by atoms with Gasteiger partial charge in [-0.05, 0) is 0 Å². The third-order valence-corrected chi connectivity index (χ3v) is 2.18. The van der Waals surface area contributed by atoms with Crippen molar-refractivity contribution in [2.75, 3.05) is 0 Å². The van der Waals surface area contributed by atoms with E-state index in [1.807, 2.05) is 0 Å². The van der Waals surface area contributed by atoms with E-state index in [1.54, 1.807) is 0 Å². The molecule has 0 amide bonds. The van der Waals surface area contributed by atoms with E-state index in [9.17, 15) is 0 Å². The molecular weight excluding hydrogens is 156 g/mol. The van der Waals surface area contributed by atoms with Gasteiger partial charge >= 0.3 is 21.7 Å². The van der Waals surface area contributed by atoms with Crippen LogP contribution in [0.25, 0.3) is 0 Å². The molecule has 0 aliphatic rings. The van der Waals surface area contributed by atoms with Gasteiger partial charge in [0.25, 0.3) is 0 Å². The first-order chi connectivity index (χ1) is 4.13. The second kappa shape index (κ2) is 3.45. The summed E-state index contributed by atoms with van der Waals surface area (Å²) in [6.07, 6.45) is 0. The van der Waals surface area contributed by atoms with Gasteiger partial charge in [-0.3, -0.25) is 0 Å². The van der Waals surface area contributed by atoms with Crippen molar-refractivity contribution in [2.24, 2.45) is 0 Å². The molecule has 1 radical (unpaired) electrons. The van der Waals surface area contributed by atoms with E-state index in [1.165, 1.54) is 22.3 Å². The van der Waals surface area contributed by atoms with Crippen LogP contribution >= 0.6 is 0 Å². The van der Waals surface area contributed by atoms with Crippen LogP contribution in [0.1, 0.15) is 22.3 Å². The van der Waals surface area contributed by atoms with Crippen molar-refractivity contribution in [3.05, 3.63) is 28.3 Å². The van der Waals surface area contributed by atoms with Crippen molar-refractivity contribution in [3.8, 4) is 0 Å². The summed E-state index contributed by atoms with van der Waals surface area (Å²) < 4.78 is 0. The number of aryl methyl sites for hydroxylation is 2. The average molecular weight is 169 g/mol. The smallest absolute Gasteiger partial charge is 0.199 e. The van der Waals surface area contributed by atoms with Gasteiger partial charge in [-0.15, -0.1) is 0 Å². The van der Waals surface area contributed by atoms with E-state index in [0.29, 0.717) is 0 Å². The summed E-state index contributed by atoms with van der Waals surface area (Å²) in [5, 5.41) is 0. The maximum absolute atomic E-state index is 2.24. The van der Waals surface area contributed by atoms with Gasteiger partial charge in [-0.1, -0.05) is 27.7 Å². The van der Waals surface area contributed by atoms with Crippen molar-refractivity contribution in [1.29, 1.82) is 0 Å². The molecule has 0 fully saturated rings. The zero-order valence-electron chi connectivity index (χ0n) is 7.08. The normalized spacial score (nSPS) is 9.20. The second-order valence-electron chi connectivity index (χ2n) is 2.76.